The van der Waals surface area contributed by atoms with Gasteiger partial charge in [-0.15, -0.1) is 0 Å². The zero-order valence-electron chi connectivity index (χ0n) is 19.4. The number of hydrogen-bond acceptors (Lipinski definition) is 4. The lowest BCUT2D eigenvalue weighted by atomic mass is 10.1. The Kier molecular flexibility index (Phi) is 7.13. The first-order valence-electron chi connectivity index (χ1n) is 10.8. The van der Waals surface area contributed by atoms with Gasteiger partial charge in [-0.2, -0.15) is 5.10 Å². The second-order valence-electron chi connectivity index (χ2n) is 8.94. The van der Waals surface area contributed by atoms with E-state index in [1.54, 1.807) is 0 Å². The summed E-state index contributed by atoms with van der Waals surface area (Å²) in [5, 5.41) is 7.54. The van der Waals surface area contributed by atoms with Gasteiger partial charge in [0.05, 0.1) is 18.7 Å². The van der Waals surface area contributed by atoms with E-state index in [1.165, 1.54) is 0 Å². The molecule has 1 heterocycles. The van der Waals surface area contributed by atoms with Gasteiger partial charge in [-0.05, 0) is 57.9 Å². The molecule has 2 aromatic carbocycles. The zero-order valence-corrected chi connectivity index (χ0v) is 19.4. The molecule has 6 heteroatoms. The number of carbonyl (C=O) groups is 2. The first-order chi connectivity index (χ1) is 15.1. The van der Waals surface area contributed by atoms with Crippen LogP contribution in [0.15, 0.2) is 54.6 Å². The molecule has 0 saturated carbocycles. The minimum atomic E-state index is -0.510. The molecule has 0 fully saturated rings. The van der Waals surface area contributed by atoms with Crippen LogP contribution in [-0.2, 0) is 29.0 Å². The highest BCUT2D eigenvalue weighted by atomic mass is 16.6. The molecule has 0 atom stereocenters. The lowest BCUT2D eigenvalue weighted by Crippen LogP contribution is -2.25. The van der Waals surface area contributed by atoms with Crippen LogP contribution in [0.3, 0.4) is 0 Å². The number of nitrogens with one attached hydrogen (secondary N) is 1. The second-order valence-corrected chi connectivity index (χ2v) is 8.94. The van der Waals surface area contributed by atoms with Crippen molar-refractivity contribution < 1.29 is 14.3 Å². The van der Waals surface area contributed by atoms with Crippen LogP contribution in [0.5, 0.6) is 0 Å². The van der Waals surface area contributed by atoms with Gasteiger partial charge in [0.1, 0.15) is 5.60 Å². The van der Waals surface area contributed by atoms with Crippen LogP contribution in [0.4, 0.5) is 0 Å². The third-order valence-electron chi connectivity index (χ3n) is 5.12. The predicted octanol–water partition coefficient (Wildman–Crippen LogP) is 4.36. The molecule has 3 aromatic rings. The molecule has 0 spiro atoms. The molecule has 1 amide bonds. The summed E-state index contributed by atoms with van der Waals surface area (Å²) in [5.74, 6) is -0.361. The topological polar surface area (TPSA) is 73.2 Å². The Labute approximate surface area is 189 Å². The minimum Gasteiger partial charge on any atom is -0.460 e. The highest BCUT2D eigenvalue weighted by molar-refractivity contribution is 5.94. The summed E-state index contributed by atoms with van der Waals surface area (Å²) in [6.45, 7) is 10.5. The fourth-order valence-electron chi connectivity index (χ4n) is 3.48. The molecule has 0 saturated heterocycles. The van der Waals surface area contributed by atoms with Gasteiger partial charge >= 0.3 is 5.97 Å². The molecule has 0 aliphatic carbocycles. The number of benzene rings is 2. The maximum atomic E-state index is 12.4. The monoisotopic (exact) mass is 433 g/mol. The van der Waals surface area contributed by atoms with Gasteiger partial charge in [0.25, 0.3) is 5.91 Å². The average Bonchev–Trinajstić information content (AvgIpc) is 2.99. The Morgan fingerprint density at radius 1 is 0.969 bits per heavy atom. The van der Waals surface area contributed by atoms with Crippen LogP contribution in [0.25, 0.3) is 0 Å². The number of hydrogen-bond donors (Lipinski definition) is 1. The highest BCUT2D eigenvalue weighted by Crippen LogP contribution is 2.18. The van der Waals surface area contributed by atoms with Gasteiger partial charge in [0.15, 0.2) is 0 Å². The number of esters is 1. The van der Waals surface area contributed by atoms with Crippen LogP contribution < -0.4 is 5.32 Å². The first kappa shape index (κ1) is 23.3. The van der Waals surface area contributed by atoms with Gasteiger partial charge in [0, 0.05) is 23.4 Å². The van der Waals surface area contributed by atoms with E-state index in [-0.39, 0.29) is 18.3 Å². The van der Waals surface area contributed by atoms with Crippen LogP contribution in [0.2, 0.25) is 0 Å². The standard InChI is InChI=1S/C26H31N3O3/c1-18-23(15-24(30)32-26(3,4)5)19(2)29(28-18)17-21-11-13-22(14-12-21)25(31)27-16-20-9-7-6-8-10-20/h6-14H,15-17H2,1-5H3,(H,27,31). The van der Waals surface area contributed by atoms with Crippen molar-refractivity contribution in [2.75, 3.05) is 0 Å². The summed E-state index contributed by atoms with van der Waals surface area (Å²) in [6, 6.07) is 17.3. The Bertz CT molecular complexity index is 1080. The number of aryl methyl sites for hydroxylation is 1. The van der Waals surface area contributed by atoms with Crippen molar-refractivity contribution in [1.29, 1.82) is 0 Å². The largest absolute Gasteiger partial charge is 0.460 e. The molecule has 32 heavy (non-hydrogen) atoms. The lowest BCUT2D eigenvalue weighted by molar-refractivity contribution is -0.153. The average molecular weight is 434 g/mol. The van der Waals surface area contributed by atoms with Crippen LogP contribution in [0, 0.1) is 13.8 Å². The molecule has 168 valence electrons. The summed E-state index contributed by atoms with van der Waals surface area (Å²) < 4.78 is 7.34. The highest BCUT2D eigenvalue weighted by Gasteiger charge is 2.20. The summed E-state index contributed by atoms with van der Waals surface area (Å²) in [4.78, 5) is 24.7. The van der Waals surface area contributed by atoms with Gasteiger partial charge in [-0.1, -0.05) is 42.5 Å². The smallest absolute Gasteiger partial charge is 0.310 e. The molecule has 1 aromatic heterocycles. The number of ether oxygens (including phenoxy) is 1. The second kappa shape index (κ2) is 9.81. The fraction of sp³-hybridized carbons (Fsp3) is 0.346. The van der Waals surface area contributed by atoms with E-state index in [9.17, 15) is 9.59 Å². The molecular weight excluding hydrogens is 402 g/mol. The molecule has 0 aliphatic heterocycles. The number of nitrogens with zero attached hydrogens (tertiary/aromatic N) is 2. The molecular formula is C26H31N3O3. The normalized spacial score (nSPS) is 11.3. The van der Waals surface area contributed by atoms with E-state index in [0.29, 0.717) is 18.7 Å². The summed E-state index contributed by atoms with van der Waals surface area (Å²) in [5.41, 5.74) is 4.86. The van der Waals surface area contributed by atoms with Gasteiger partial charge < -0.3 is 10.1 Å². The van der Waals surface area contributed by atoms with E-state index >= 15 is 0 Å². The van der Waals surface area contributed by atoms with Gasteiger partial charge in [0.2, 0.25) is 0 Å². The zero-order chi connectivity index (χ0) is 23.3. The minimum absolute atomic E-state index is 0.105. The first-order valence-corrected chi connectivity index (χ1v) is 10.8. The Hall–Kier alpha value is -3.41. The molecule has 6 nitrogen and oxygen atoms in total. The number of carbonyl (C=O) groups excluding carboxylic acids is 2. The van der Waals surface area contributed by atoms with E-state index in [4.69, 9.17) is 4.74 Å². The predicted molar refractivity (Wildman–Crippen MR) is 124 cm³/mol. The lowest BCUT2D eigenvalue weighted by Gasteiger charge is -2.19. The maximum Gasteiger partial charge on any atom is 0.310 e. The fourth-order valence-corrected chi connectivity index (χ4v) is 3.48. The molecule has 0 aliphatic rings. The number of aromatic nitrogens is 2. The summed E-state index contributed by atoms with van der Waals surface area (Å²) >= 11 is 0. The van der Waals surface area contributed by atoms with Gasteiger partial charge in [-0.25, -0.2) is 0 Å². The van der Waals surface area contributed by atoms with Crippen molar-refractivity contribution >= 4 is 11.9 Å². The molecule has 1 N–H and O–H groups in total. The summed E-state index contributed by atoms with van der Waals surface area (Å²) in [6.07, 6.45) is 0.204. The van der Waals surface area contributed by atoms with E-state index < -0.39 is 5.60 Å². The third-order valence-corrected chi connectivity index (χ3v) is 5.12. The van der Waals surface area contributed by atoms with Gasteiger partial charge in [-0.3, -0.25) is 14.3 Å². The van der Waals surface area contributed by atoms with E-state index in [1.807, 2.05) is 93.9 Å². The summed E-state index contributed by atoms with van der Waals surface area (Å²) in [7, 11) is 0. The van der Waals surface area contributed by atoms with E-state index in [0.717, 1.165) is 28.1 Å². The van der Waals surface area contributed by atoms with Crippen molar-refractivity contribution in [2.45, 2.75) is 59.7 Å². The number of rotatable bonds is 7. The Morgan fingerprint density at radius 3 is 2.25 bits per heavy atom. The van der Waals surface area contributed by atoms with Crippen molar-refractivity contribution in [3.63, 3.8) is 0 Å². The van der Waals surface area contributed by atoms with Crippen LogP contribution in [-0.4, -0.2) is 27.3 Å². The molecule has 0 bridgehead atoms. The third kappa shape index (κ3) is 6.30. The maximum absolute atomic E-state index is 12.4. The van der Waals surface area contributed by atoms with E-state index in [2.05, 4.69) is 10.4 Å². The molecule has 3 rings (SSSR count). The Morgan fingerprint density at radius 2 is 1.62 bits per heavy atom. The van der Waals surface area contributed by atoms with Crippen LogP contribution in [0.1, 0.15) is 59.2 Å². The van der Waals surface area contributed by atoms with Crippen molar-refractivity contribution in [3.8, 4) is 0 Å². The molecule has 0 unspecified atom stereocenters. The SMILES string of the molecule is Cc1nn(Cc2ccc(C(=O)NCc3ccccc3)cc2)c(C)c1CC(=O)OC(C)(C)C. The quantitative estimate of drug-likeness (QED) is 0.562. The molecule has 0 radical (unpaired) electrons. The Balaban J connectivity index is 1.62. The van der Waals surface area contributed by atoms with Crippen molar-refractivity contribution in [1.82, 2.24) is 15.1 Å². The van der Waals surface area contributed by atoms with Crippen LogP contribution >= 0.6 is 0 Å². The van der Waals surface area contributed by atoms with Crippen molar-refractivity contribution in [3.05, 3.63) is 88.2 Å². The number of amides is 1. The van der Waals surface area contributed by atoms with Crippen molar-refractivity contribution in [2.24, 2.45) is 0 Å².